The predicted molar refractivity (Wildman–Crippen MR) is 234 cm³/mol. The van der Waals surface area contributed by atoms with E-state index in [1.807, 2.05) is 54.3 Å². The number of aromatic nitrogens is 1. The Kier molecular flexibility index (Phi) is 11.2. The Morgan fingerprint density at radius 1 is 0.823 bits per heavy atom. The van der Waals surface area contributed by atoms with Crippen molar-refractivity contribution in [2.45, 2.75) is 70.5 Å². The van der Waals surface area contributed by atoms with Crippen LogP contribution < -0.4 is 14.7 Å². The zero-order chi connectivity index (χ0) is 43.2. The first-order valence-corrected chi connectivity index (χ1v) is 21.9. The Balaban J connectivity index is 0.742. The van der Waals surface area contributed by atoms with E-state index in [1.54, 1.807) is 18.3 Å². The average Bonchev–Trinajstić information content (AvgIpc) is 3.52. The van der Waals surface area contributed by atoms with E-state index in [9.17, 15) is 24.0 Å². The Hall–Kier alpha value is -6.20. The first-order valence-electron chi connectivity index (χ1n) is 21.9. The summed E-state index contributed by atoms with van der Waals surface area (Å²) in [7, 11) is 0. The molecule has 4 fully saturated rings. The number of Topliss-reactive ketones (excluding diaryl/α,β-unsaturated/α-hetero) is 2. The van der Waals surface area contributed by atoms with Gasteiger partial charge in [0.05, 0.1) is 47.8 Å². The minimum atomic E-state index is -0.877. The molecule has 0 spiro atoms. The number of halogens is 1. The van der Waals surface area contributed by atoms with Crippen LogP contribution in [0.4, 0.5) is 27.1 Å². The lowest BCUT2D eigenvalue weighted by Crippen LogP contribution is -2.58. The van der Waals surface area contributed by atoms with E-state index in [-0.39, 0.29) is 61.1 Å². The van der Waals surface area contributed by atoms with Gasteiger partial charge in [0.1, 0.15) is 11.6 Å². The summed E-state index contributed by atoms with van der Waals surface area (Å²) in [6, 6.07) is 17.3. The van der Waals surface area contributed by atoms with Crippen LogP contribution in [-0.2, 0) is 20.8 Å². The maximum Gasteiger partial charge on any atom is 0.262 e. The molecule has 3 amide bonds. The molecule has 320 valence electrons. The van der Waals surface area contributed by atoms with Crippen molar-refractivity contribution in [3.05, 3.63) is 101 Å². The fourth-order valence-electron chi connectivity index (χ4n) is 10.3. The molecule has 0 radical (unpaired) electrons. The summed E-state index contributed by atoms with van der Waals surface area (Å²) in [5.74, 6) is -1.28. The Labute approximate surface area is 360 Å². The molecule has 1 aliphatic carbocycles. The van der Waals surface area contributed by atoms with Gasteiger partial charge in [0, 0.05) is 100 Å². The van der Waals surface area contributed by atoms with Gasteiger partial charge in [-0.15, -0.1) is 0 Å². The number of piperidine rings is 1. The number of carbonyl (C=O) groups is 5. The molecule has 5 aliphatic rings. The van der Waals surface area contributed by atoms with Crippen LogP contribution in [0.5, 0.6) is 0 Å². The highest BCUT2D eigenvalue weighted by molar-refractivity contribution is 6.24. The number of rotatable bonds is 8. The SMILES string of the molecule is [C-]#[N+]c1ccc(N2C[C@@H](C)N(C(=O)Cc3ccc(N4CCC(CN5CCN(c6ccc7c(c6)C(=O)N(C6CCC(=O)CC6=O)C7=O)CC5)CC4)c(F)c3)C[C@@H]2C)c2cccnc12. The van der Waals surface area contributed by atoms with Crippen molar-refractivity contribution in [3.63, 3.8) is 0 Å². The summed E-state index contributed by atoms with van der Waals surface area (Å²) in [6.07, 6.45) is 3.88. The molecule has 1 unspecified atom stereocenters. The second kappa shape index (κ2) is 16.9. The largest absolute Gasteiger partial charge is 0.369 e. The smallest absolute Gasteiger partial charge is 0.262 e. The van der Waals surface area contributed by atoms with E-state index in [0.29, 0.717) is 52.6 Å². The average molecular weight is 839 g/mol. The molecule has 1 saturated carbocycles. The minimum Gasteiger partial charge on any atom is -0.369 e. The maximum absolute atomic E-state index is 15.7. The van der Waals surface area contributed by atoms with Crippen LogP contribution in [0, 0.1) is 18.3 Å². The van der Waals surface area contributed by atoms with Crippen LogP contribution in [-0.4, -0.2) is 126 Å². The molecule has 9 rings (SSSR count). The normalized spacial score (nSPS) is 22.7. The van der Waals surface area contributed by atoms with Crippen LogP contribution in [0.1, 0.15) is 72.2 Å². The molecular formula is C48H51FN8O5. The molecular weight excluding hydrogens is 788 g/mol. The van der Waals surface area contributed by atoms with Crippen LogP contribution in [0.2, 0.25) is 0 Å². The number of amides is 3. The maximum atomic E-state index is 15.7. The van der Waals surface area contributed by atoms with Gasteiger partial charge in [-0.1, -0.05) is 18.2 Å². The van der Waals surface area contributed by atoms with Crippen molar-refractivity contribution in [1.82, 2.24) is 19.7 Å². The first-order chi connectivity index (χ1) is 30.0. The molecule has 13 nitrogen and oxygen atoms in total. The van der Waals surface area contributed by atoms with Gasteiger partial charge in [0.25, 0.3) is 11.8 Å². The van der Waals surface area contributed by atoms with Gasteiger partial charge in [-0.2, -0.15) is 0 Å². The van der Waals surface area contributed by atoms with E-state index in [1.165, 1.54) is 6.07 Å². The van der Waals surface area contributed by atoms with Crippen LogP contribution >= 0.6 is 0 Å². The summed E-state index contributed by atoms with van der Waals surface area (Å²) in [6.45, 7) is 18.6. The number of ketones is 2. The van der Waals surface area contributed by atoms with E-state index in [2.05, 4.69) is 36.4 Å². The molecule has 3 atom stereocenters. The summed E-state index contributed by atoms with van der Waals surface area (Å²) in [5, 5.41) is 0.926. The second-order valence-corrected chi connectivity index (χ2v) is 17.6. The van der Waals surface area contributed by atoms with Crippen molar-refractivity contribution in [2.24, 2.45) is 5.92 Å². The fraction of sp³-hybridized carbons (Fsp3) is 0.438. The standard InChI is InChI=1S/C48H51FN8O5/c1-30-28-56(31(2)27-55(30)41-13-10-40(50-3)46-37(41)5-4-16-51-46)45(60)24-33-6-11-42(39(49)23-33)54-17-14-32(15-18-54)29-52-19-21-53(22-20-52)34-7-9-36-38(25-34)48(62)57(47(36)61)43-12-8-35(58)26-44(43)59/h4-7,9-11,13,16,23,25,30-32,43H,8,12,14-15,17-22,24,26-29H2,1-2H3/t30-,31+,43?/m0/s1. The molecule has 0 bridgehead atoms. The third-order valence-electron chi connectivity index (χ3n) is 13.7. The lowest BCUT2D eigenvalue weighted by molar-refractivity contribution is -0.134. The molecule has 1 aromatic heterocycles. The van der Waals surface area contributed by atoms with Crippen molar-refractivity contribution in [3.8, 4) is 0 Å². The van der Waals surface area contributed by atoms with Crippen molar-refractivity contribution < 1.29 is 28.4 Å². The third-order valence-corrected chi connectivity index (χ3v) is 13.7. The first kappa shape index (κ1) is 41.2. The van der Waals surface area contributed by atoms with Gasteiger partial charge in [-0.3, -0.25) is 38.8 Å². The van der Waals surface area contributed by atoms with Crippen molar-refractivity contribution >= 4 is 62.9 Å². The number of carbonyl (C=O) groups excluding carboxylic acids is 5. The minimum absolute atomic E-state index is 0.0213. The van der Waals surface area contributed by atoms with Crippen LogP contribution in [0.15, 0.2) is 66.9 Å². The van der Waals surface area contributed by atoms with E-state index in [0.717, 1.165) is 80.3 Å². The molecule has 4 aromatic rings. The van der Waals surface area contributed by atoms with Gasteiger partial charge in [-0.05, 0) is 87.1 Å². The molecule has 3 aromatic carbocycles. The summed E-state index contributed by atoms with van der Waals surface area (Å²) >= 11 is 0. The number of imide groups is 1. The number of piperazine rings is 2. The number of nitrogens with zero attached hydrogens (tertiary/aromatic N) is 8. The number of pyridine rings is 1. The summed E-state index contributed by atoms with van der Waals surface area (Å²) in [5.41, 5.74) is 4.94. The summed E-state index contributed by atoms with van der Waals surface area (Å²) < 4.78 is 15.7. The molecule has 5 heterocycles. The predicted octanol–water partition coefficient (Wildman–Crippen LogP) is 5.92. The van der Waals surface area contributed by atoms with Gasteiger partial charge < -0.3 is 19.6 Å². The number of hydrogen-bond acceptors (Lipinski definition) is 10. The van der Waals surface area contributed by atoms with Crippen molar-refractivity contribution in [2.75, 3.05) is 73.6 Å². The lowest BCUT2D eigenvalue weighted by atomic mass is 9.92. The molecule has 0 N–H and O–H groups in total. The highest BCUT2D eigenvalue weighted by Gasteiger charge is 2.44. The van der Waals surface area contributed by atoms with E-state index >= 15 is 4.39 Å². The fourth-order valence-corrected chi connectivity index (χ4v) is 10.3. The molecule has 3 saturated heterocycles. The second-order valence-electron chi connectivity index (χ2n) is 17.6. The quantitative estimate of drug-likeness (QED) is 0.120. The number of fused-ring (bicyclic) bond motifs is 2. The molecule has 14 heteroatoms. The van der Waals surface area contributed by atoms with Crippen molar-refractivity contribution in [1.29, 1.82) is 0 Å². The van der Waals surface area contributed by atoms with Crippen LogP contribution in [0.25, 0.3) is 15.7 Å². The molecule has 4 aliphatic heterocycles. The third kappa shape index (κ3) is 7.79. The monoisotopic (exact) mass is 838 g/mol. The number of anilines is 3. The number of benzene rings is 3. The number of hydrogen-bond donors (Lipinski definition) is 0. The highest BCUT2D eigenvalue weighted by atomic mass is 19.1. The summed E-state index contributed by atoms with van der Waals surface area (Å²) in [4.78, 5) is 84.7. The Morgan fingerprint density at radius 2 is 1.58 bits per heavy atom. The highest BCUT2D eigenvalue weighted by Crippen LogP contribution is 2.36. The van der Waals surface area contributed by atoms with Gasteiger partial charge in [-0.25, -0.2) is 9.24 Å². The molecule has 62 heavy (non-hydrogen) atoms. The Morgan fingerprint density at radius 3 is 2.32 bits per heavy atom. The van der Waals surface area contributed by atoms with E-state index < -0.39 is 17.9 Å². The van der Waals surface area contributed by atoms with E-state index in [4.69, 9.17) is 6.57 Å². The zero-order valence-electron chi connectivity index (χ0n) is 35.3. The van der Waals surface area contributed by atoms with Gasteiger partial charge in [0.2, 0.25) is 11.6 Å². The van der Waals surface area contributed by atoms with Gasteiger partial charge >= 0.3 is 0 Å². The zero-order valence-corrected chi connectivity index (χ0v) is 35.3. The van der Waals surface area contributed by atoms with Gasteiger partial charge in [0.15, 0.2) is 5.78 Å². The Bertz CT molecular complexity index is 2510. The topological polar surface area (TPSA) is 122 Å². The van der Waals surface area contributed by atoms with Crippen LogP contribution in [0.3, 0.4) is 0 Å². The lowest BCUT2D eigenvalue weighted by Gasteiger charge is -2.45.